The monoisotopic (exact) mass is 280 g/mol. The number of esters is 1. The first kappa shape index (κ1) is 17.1. The molecule has 2 nitrogen and oxygen atoms in total. The van der Waals surface area contributed by atoms with Gasteiger partial charge in [0, 0.05) is 5.92 Å². The van der Waals surface area contributed by atoms with Crippen molar-refractivity contribution in [1.29, 1.82) is 0 Å². The SMILES string of the molecule is CC(C)C(=O)OC(C(C)C)(C(F)(F)F)C(F)(F)F. The predicted octanol–water partition coefficient (Wildman–Crippen LogP) is 3.71. The summed E-state index contributed by atoms with van der Waals surface area (Å²) in [5, 5.41) is 0. The highest BCUT2D eigenvalue weighted by molar-refractivity contribution is 5.72. The van der Waals surface area contributed by atoms with Crippen LogP contribution in [0.1, 0.15) is 27.7 Å². The largest absolute Gasteiger partial charge is 0.439 e. The second-order valence-electron chi connectivity index (χ2n) is 4.46. The van der Waals surface area contributed by atoms with Gasteiger partial charge in [-0.3, -0.25) is 4.79 Å². The van der Waals surface area contributed by atoms with E-state index in [1.807, 2.05) is 0 Å². The van der Waals surface area contributed by atoms with Gasteiger partial charge in [0.1, 0.15) is 0 Å². The molecule has 0 spiro atoms. The highest BCUT2D eigenvalue weighted by Crippen LogP contribution is 2.50. The molecule has 108 valence electrons. The van der Waals surface area contributed by atoms with E-state index in [2.05, 4.69) is 4.74 Å². The third kappa shape index (κ3) is 2.89. The molecule has 0 rings (SSSR count). The number of hydrogen-bond donors (Lipinski definition) is 0. The summed E-state index contributed by atoms with van der Waals surface area (Å²) in [6.07, 6.45) is -11.5. The quantitative estimate of drug-likeness (QED) is 0.582. The number of halogens is 6. The van der Waals surface area contributed by atoms with E-state index >= 15 is 0 Å². The number of rotatable bonds is 3. The summed E-state index contributed by atoms with van der Waals surface area (Å²) < 4.78 is 80.3. The van der Waals surface area contributed by atoms with Gasteiger partial charge in [0.25, 0.3) is 0 Å². The van der Waals surface area contributed by atoms with Crippen LogP contribution < -0.4 is 0 Å². The zero-order chi connectivity index (χ0) is 14.9. The smallest absolute Gasteiger partial charge is 0.437 e. The molecule has 0 fully saturated rings. The number of hydrogen-bond acceptors (Lipinski definition) is 2. The van der Waals surface area contributed by atoms with Crippen LogP contribution in [0.4, 0.5) is 26.3 Å². The average molecular weight is 280 g/mol. The lowest BCUT2D eigenvalue weighted by Crippen LogP contribution is -2.63. The fourth-order valence-corrected chi connectivity index (χ4v) is 1.33. The van der Waals surface area contributed by atoms with Crippen LogP contribution in [0.3, 0.4) is 0 Å². The number of alkyl halides is 6. The Morgan fingerprint density at radius 1 is 0.889 bits per heavy atom. The highest BCUT2D eigenvalue weighted by Gasteiger charge is 2.75. The van der Waals surface area contributed by atoms with Gasteiger partial charge < -0.3 is 4.74 Å². The van der Waals surface area contributed by atoms with Gasteiger partial charge in [-0.05, 0) is 0 Å². The van der Waals surface area contributed by atoms with Crippen LogP contribution in [0, 0.1) is 11.8 Å². The molecule has 0 saturated heterocycles. The van der Waals surface area contributed by atoms with Crippen LogP contribution >= 0.6 is 0 Å². The molecule has 0 amide bonds. The van der Waals surface area contributed by atoms with Crippen LogP contribution in [0.5, 0.6) is 0 Å². The van der Waals surface area contributed by atoms with Gasteiger partial charge in [0.2, 0.25) is 0 Å². The standard InChI is InChI=1S/C10H14F6O2/c1-5(2)7(17)18-8(6(3)4,9(11,12)13)10(14,15)16/h5-6H,1-4H3. The summed E-state index contributed by atoms with van der Waals surface area (Å²) >= 11 is 0. The highest BCUT2D eigenvalue weighted by atomic mass is 19.4. The first-order chi connectivity index (χ1) is 7.77. The molecule has 0 aromatic heterocycles. The van der Waals surface area contributed by atoms with Gasteiger partial charge >= 0.3 is 23.9 Å². The molecule has 0 radical (unpaired) electrons. The summed E-state index contributed by atoms with van der Waals surface area (Å²) in [4.78, 5) is 11.1. The Labute approximate surface area is 100 Å². The zero-order valence-electron chi connectivity index (χ0n) is 10.2. The predicted molar refractivity (Wildman–Crippen MR) is 50.6 cm³/mol. The minimum absolute atomic E-state index is 0.703. The molecule has 0 saturated carbocycles. The maximum atomic E-state index is 12.7. The second-order valence-corrected chi connectivity index (χ2v) is 4.46. The van der Waals surface area contributed by atoms with Gasteiger partial charge in [-0.25, -0.2) is 0 Å². The molecule has 0 atom stereocenters. The Bertz CT molecular complexity index is 288. The molecule has 0 aliphatic carbocycles. The first-order valence-corrected chi connectivity index (χ1v) is 5.13. The Morgan fingerprint density at radius 2 is 1.22 bits per heavy atom. The lowest BCUT2D eigenvalue weighted by molar-refractivity contribution is -0.383. The lowest BCUT2D eigenvalue weighted by Gasteiger charge is -2.39. The van der Waals surface area contributed by atoms with Gasteiger partial charge in [0.05, 0.1) is 5.92 Å². The Morgan fingerprint density at radius 3 is 1.39 bits per heavy atom. The normalized spacial score (nSPS) is 14.2. The molecule has 0 aromatic carbocycles. The lowest BCUT2D eigenvalue weighted by atomic mass is 9.88. The van der Waals surface area contributed by atoms with Crippen LogP contribution in [-0.4, -0.2) is 23.9 Å². The van der Waals surface area contributed by atoms with Crippen molar-refractivity contribution in [2.75, 3.05) is 0 Å². The second kappa shape index (κ2) is 4.97. The van der Waals surface area contributed by atoms with Crippen molar-refractivity contribution in [1.82, 2.24) is 0 Å². The van der Waals surface area contributed by atoms with E-state index in [0.717, 1.165) is 13.8 Å². The van der Waals surface area contributed by atoms with Crippen molar-refractivity contribution in [3.05, 3.63) is 0 Å². The summed E-state index contributed by atoms with van der Waals surface area (Å²) in [6, 6.07) is 0. The van der Waals surface area contributed by atoms with Crippen LogP contribution in [0.2, 0.25) is 0 Å². The van der Waals surface area contributed by atoms with Crippen molar-refractivity contribution in [2.45, 2.75) is 45.6 Å². The summed E-state index contributed by atoms with van der Waals surface area (Å²) in [7, 11) is 0. The summed E-state index contributed by atoms with van der Waals surface area (Å²) in [6.45, 7) is 3.71. The van der Waals surface area contributed by atoms with E-state index in [4.69, 9.17) is 0 Å². The zero-order valence-corrected chi connectivity index (χ0v) is 10.2. The van der Waals surface area contributed by atoms with Crippen molar-refractivity contribution >= 4 is 5.97 Å². The van der Waals surface area contributed by atoms with E-state index in [9.17, 15) is 31.1 Å². The van der Waals surface area contributed by atoms with Crippen molar-refractivity contribution in [3.63, 3.8) is 0 Å². The fourth-order valence-electron chi connectivity index (χ4n) is 1.33. The third-order valence-electron chi connectivity index (χ3n) is 2.39. The van der Waals surface area contributed by atoms with Crippen molar-refractivity contribution in [2.24, 2.45) is 11.8 Å². The minimum Gasteiger partial charge on any atom is -0.439 e. The van der Waals surface area contributed by atoms with Crippen molar-refractivity contribution < 1.29 is 35.9 Å². The third-order valence-corrected chi connectivity index (χ3v) is 2.39. The Balaban J connectivity index is 5.74. The van der Waals surface area contributed by atoms with E-state index < -0.39 is 35.8 Å². The van der Waals surface area contributed by atoms with E-state index in [0.29, 0.717) is 13.8 Å². The molecule has 8 heteroatoms. The topological polar surface area (TPSA) is 26.3 Å². The molecule has 0 unspecified atom stereocenters. The van der Waals surface area contributed by atoms with Gasteiger partial charge in [-0.1, -0.05) is 27.7 Å². The van der Waals surface area contributed by atoms with Gasteiger partial charge in [-0.15, -0.1) is 0 Å². The minimum atomic E-state index is -5.73. The molecule has 18 heavy (non-hydrogen) atoms. The number of ether oxygens (including phenoxy) is 1. The molecule has 0 N–H and O–H groups in total. The molecular weight excluding hydrogens is 266 g/mol. The number of carbonyl (C=O) groups excluding carboxylic acids is 1. The van der Waals surface area contributed by atoms with Gasteiger partial charge in [0.15, 0.2) is 0 Å². The fraction of sp³-hybridized carbons (Fsp3) is 0.900. The molecule has 0 aromatic rings. The Hall–Kier alpha value is -0.950. The van der Waals surface area contributed by atoms with Gasteiger partial charge in [-0.2, -0.15) is 26.3 Å². The van der Waals surface area contributed by atoms with Crippen LogP contribution in [0.15, 0.2) is 0 Å². The average Bonchev–Trinajstić information content (AvgIpc) is 2.08. The van der Waals surface area contributed by atoms with E-state index in [1.165, 1.54) is 0 Å². The molecule has 0 aliphatic rings. The molecule has 0 bridgehead atoms. The van der Waals surface area contributed by atoms with E-state index in [1.54, 1.807) is 0 Å². The molecule has 0 aliphatic heterocycles. The maximum Gasteiger partial charge on any atom is 0.437 e. The van der Waals surface area contributed by atoms with Crippen LogP contribution in [0.25, 0.3) is 0 Å². The number of carbonyl (C=O) groups is 1. The summed E-state index contributed by atoms with van der Waals surface area (Å²) in [5.41, 5.74) is -4.47. The van der Waals surface area contributed by atoms with Crippen LogP contribution in [-0.2, 0) is 9.53 Å². The summed E-state index contributed by atoms with van der Waals surface area (Å²) in [5.74, 6) is -4.62. The maximum absolute atomic E-state index is 12.7. The molecular formula is C10H14F6O2. The Kier molecular flexibility index (Phi) is 4.71. The van der Waals surface area contributed by atoms with E-state index in [-0.39, 0.29) is 0 Å². The molecule has 0 heterocycles. The van der Waals surface area contributed by atoms with Crippen molar-refractivity contribution in [3.8, 4) is 0 Å². The first-order valence-electron chi connectivity index (χ1n) is 5.13.